The lowest BCUT2D eigenvalue weighted by atomic mass is 10.0. The van der Waals surface area contributed by atoms with Gasteiger partial charge in [-0.3, -0.25) is 4.79 Å². The second-order valence-corrected chi connectivity index (χ2v) is 4.42. The summed E-state index contributed by atoms with van der Waals surface area (Å²) in [6, 6.07) is 4.11. The van der Waals surface area contributed by atoms with E-state index in [0.29, 0.717) is 5.76 Å². The maximum absolute atomic E-state index is 12.0. The van der Waals surface area contributed by atoms with Crippen LogP contribution in [0.4, 0.5) is 0 Å². The third-order valence-electron chi connectivity index (χ3n) is 3.13. The molecule has 3 rings (SSSR count). The van der Waals surface area contributed by atoms with E-state index in [-0.39, 0.29) is 22.1 Å². The number of phenols is 2. The first-order chi connectivity index (χ1) is 9.16. The lowest BCUT2D eigenvalue weighted by Crippen LogP contribution is -2.02. The van der Waals surface area contributed by atoms with Gasteiger partial charge in [0.05, 0.1) is 5.39 Å². The van der Waals surface area contributed by atoms with Crippen LogP contribution in [-0.4, -0.2) is 10.2 Å². The smallest absolute Gasteiger partial charge is 0.201 e. The minimum absolute atomic E-state index is 0.0161. The molecule has 1 heterocycles. The Labute approximate surface area is 108 Å². The van der Waals surface area contributed by atoms with Gasteiger partial charge in [-0.05, 0) is 25.0 Å². The number of phenolic OH excluding ortho intramolecular Hbond substituents is 2. The van der Waals surface area contributed by atoms with E-state index < -0.39 is 5.75 Å². The first-order valence-electron chi connectivity index (χ1n) is 6.02. The van der Waals surface area contributed by atoms with Crippen molar-refractivity contribution in [1.29, 1.82) is 0 Å². The number of aromatic hydroxyl groups is 2. The van der Waals surface area contributed by atoms with Gasteiger partial charge in [0, 0.05) is 11.6 Å². The fourth-order valence-electron chi connectivity index (χ4n) is 2.13. The largest absolute Gasteiger partial charge is 0.504 e. The molecule has 0 bridgehead atoms. The Morgan fingerprint density at radius 2 is 2.00 bits per heavy atom. The van der Waals surface area contributed by atoms with Crippen molar-refractivity contribution in [2.75, 3.05) is 0 Å². The van der Waals surface area contributed by atoms with Crippen molar-refractivity contribution >= 4 is 16.5 Å². The van der Waals surface area contributed by atoms with Crippen LogP contribution < -0.4 is 5.43 Å². The van der Waals surface area contributed by atoms with E-state index in [1.54, 1.807) is 0 Å². The molecule has 0 saturated heterocycles. The first-order valence-corrected chi connectivity index (χ1v) is 6.02. The number of fused-ring (bicyclic) bond motifs is 1. The molecule has 1 aromatic heterocycles. The number of hydrogen-bond acceptors (Lipinski definition) is 4. The molecular formula is C15H12O4. The van der Waals surface area contributed by atoms with Crippen LogP contribution in [0.15, 0.2) is 45.6 Å². The van der Waals surface area contributed by atoms with E-state index in [1.165, 1.54) is 18.2 Å². The van der Waals surface area contributed by atoms with E-state index in [2.05, 4.69) is 0 Å². The van der Waals surface area contributed by atoms with Crippen LogP contribution in [0.2, 0.25) is 0 Å². The molecule has 0 radical (unpaired) electrons. The normalized spacial score (nSPS) is 14.6. The SMILES string of the molecule is O=c1cc(C2=CCCC=C2)oc2c(O)c(O)ccc12. The maximum Gasteiger partial charge on any atom is 0.201 e. The van der Waals surface area contributed by atoms with Gasteiger partial charge in [0.15, 0.2) is 16.8 Å². The van der Waals surface area contributed by atoms with Crippen LogP contribution in [0.5, 0.6) is 11.5 Å². The molecule has 2 N–H and O–H groups in total. The fraction of sp³-hybridized carbons (Fsp3) is 0.133. The van der Waals surface area contributed by atoms with Crippen LogP contribution in [-0.2, 0) is 0 Å². The quantitative estimate of drug-likeness (QED) is 0.769. The van der Waals surface area contributed by atoms with Crippen molar-refractivity contribution in [2.45, 2.75) is 12.8 Å². The van der Waals surface area contributed by atoms with Crippen LogP contribution in [0.25, 0.3) is 16.5 Å². The van der Waals surface area contributed by atoms with Gasteiger partial charge in [-0.25, -0.2) is 0 Å². The van der Waals surface area contributed by atoms with Crippen molar-refractivity contribution in [3.63, 3.8) is 0 Å². The van der Waals surface area contributed by atoms with E-state index in [0.717, 1.165) is 18.4 Å². The highest BCUT2D eigenvalue weighted by atomic mass is 16.4. The molecule has 0 saturated carbocycles. The molecule has 1 aliphatic rings. The van der Waals surface area contributed by atoms with Gasteiger partial charge in [-0.1, -0.05) is 18.2 Å². The van der Waals surface area contributed by atoms with Crippen LogP contribution >= 0.6 is 0 Å². The average Bonchev–Trinajstić information content (AvgIpc) is 2.44. The summed E-state index contributed by atoms with van der Waals surface area (Å²) in [5.74, 6) is -0.313. The summed E-state index contributed by atoms with van der Waals surface area (Å²) in [4.78, 5) is 12.0. The minimum atomic E-state index is -0.406. The molecule has 96 valence electrons. The minimum Gasteiger partial charge on any atom is -0.504 e. The third-order valence-corrected chi connectivity index (χ3v) is 3.13. The van der Waals surface area contributed by atoms with E-state index in [4.69, 9.17) is 4.42 Å². The molecular weight excluding hydrogens is 244 g/mol. The van der Waals surface area contributed by atoms with Crippen LogP contribution in [0.1, 0.15) is 18.6 Å². The van der Waals surface area contributed by atoms with E-state index in [1.807, 2.05) is 18.2 Å². The lowest BCUT2D eigenvalue weighted by Gasteiger charge is -2.08. The first kappa shape index (κ1) is 11.6. The summed E-state index contributed by atoms with van der Waals surface area (Å²) >= 11 is 0. The molecule has 4 heteroatoms. The molecule has 0 aliphatic heterocycles. The zero-order valence-corrected chi connectivity index (χ0v) is 10.1. The predicted octanol–water partition coefficient (Wildman–Crippen LogP) is 2.94. The fourth-order valence-corrected chi connectivity index (χ4v) is 2.13. The molecule has 0 unspecified atom stereocenters. The zero-order valence-electron chi connectivity index (χ0n) is 10.1. The van der Waals surface area contributed by atoms with Crippen LogP contribution in [0.3, 0.4) is 0 Å². The van der Waals surface area contributed by atoms with Crippen molar-refractivity contribution in [2.24, 2.45) is 0 Å². The Hall–Kier alpha value is -2.49. The molecule has 0 amide bonds. The summed E-state index contributed by atoms with van der Waals surface area (Å²) in [6.45, 7) is 0. The van der Waals surface area contributed by atoms with Gasteiger partial charge in [-0.15, -0.1) is 0 Å². The lowest BCUT2D eigenvalue weighted by molar-refractivity contribution is 0.399. The summed E-state index contributed by atoms with van der Waals surface area (Å²) in [6.07, 6.45) is 7.71. The Morgan fingerprint density at radius 3 is 2.74 bits per heavy atom. The van der Waals surface area contributed by atoms with Gasteiger partial charge >= 0.3 is 0 Å². The number of rotatable bonds is 1. The molecule has 0 atom stereocenters. The number of benzene rings is 1. The molecule has 19 heavy (non-hydrogen) atoms. The predicted molar refractivity (Wildman–Crippen MR) is 72.2 cm³/mol. The Balaban J connectivity index is 2.29. The molecule has 1 aliphatic carbocycles. The maximum atomic E-state index is 12.0. The highest BCUT2D eigenvalue weighted by Gasteiger charge is 2.13. The van der Waals surface area contributed by atoms with Gasteiger partial charge in [0.25, 0.3) is 0 Å². The van der Waals surface area contributed by atoms with Crippen molar-refractivity contribution < 1.29 is 14.6 Å². The third kappa shape index (κ3) is 1.91. The monoisotopic (exact) mass is 256 g/mol. The zero-order chi connectivity index (χ0) is 13.4. The Kier molecular flexibility index (Phi) is 2.63. The standard InChI is InChI=1S/C15H12O4/c16-11-7-6-10-12(17)8-13(19-15(10)14(11)18)9-4-2-1-3-5-9/h2,4-8,16,18H,1,3H2. The van der Waals surface area contributed by atoms with Crippen LogP contribution in [0, 0.1) is 0 Å². The van der Waals surface area contributed by atoms with Gasteiger partial charge in [0.2, 0.25) is 5.75 Å². The topological polar surface area (TPSA) is 70.7 Å². The van der Waals surface area contributed by atoms with Crippen molar-refractivity contribution in [3.8, 4) is 11.5 Å². The number of allylic oxidation sites excluding steroid dienone is 4. The van der Waals surface area contributed by atoms with Crippen molar-refractivity contribution in [1.82, 2.24) is 0 Å². The summed E-state index contributed by atoms with van der Waals surface area (Å²) < 4.78 is 5.56. The number of hydrogen-bond donors (Lipinski definition) is 2. The van der Waals surface area contributed by atoms with E-state index >= 15 is 0 Å². The van der Waals surface area contributed by atoms with E-state index in [9.17, 15) is 15.0 Å². The second-order valence-electron chi connectivity index (χ2n) is 4.42. The summed E-state index contributed by atoms with van der Waals surface area (Å²) in [5, 5.41) is 19.5. The van der Waals surface area contributed by atoms with Gasteiger partial charge in [0.1, 0.15) is 5.76 Å². The Bertz CT molecular complexity index is 766. The molecule has 2 aromatic rings. The molecule has 4 nitrogen and oxygen atoms in total. The molecule has 0 spiro atoms. The van der Waals surface area contributed by atoms with Gasteiger partial charge in [-0.2, -0.15) is 0 Å². The molecule has 1 aromatic carbocycles. The molecule has 0 fully saturated rings. The summed E-state index contributed by atoms with van der Waals surface area (Å²) in [5.41, 5.74) is 0.585. The van der Waals surface area contributed by atoms with Gasteiger partial charge < -0.3 is 14.6 Å². The Morgan fingerprint density at radius 1 is 1.16 bits per heavy atom. The highest BCUT2D eigenvalue weighted by molar-refractivity contribution is 5.86. The average molecular weight is 256 g/mol. The second kappa shape index (κ2) is 4.31. The van der Waals surface area contributed by atoms with Crippen molar-refractivity contribution in [3.05, 3.63) is 52.4 Å². The summed E-state index contributed by atoms with van der Waals surface area (Å²) in [7, 11) is 0. The highest BCUT2D eigenvalue weighted by Crippen LogP contribution is 2.34.